The number of aliphatic carboxylic acids is 1. The third kappa shape index (κ3) is 3.24. The number of aliphatic hydroxyl groups is 1. The molecule has 1 aliphatic heterocycles. The Morgan fingerprint density at radius 3 is 2.86 bits per heavy atom. The lowest BCUT2D eigenvalue weighted by Gasteiger charge is -2.38. The Kier molecular flexibility index (Phi) is 4.33. The van der Waals surface area contributed by atoms with Crippen molar-refractivity contribution in [1.82, 2.24) is 10.3 Å². The van der Waals surface area contributed by atoms with E-state index in [4.69, 9.17) is 9.84 Å². The van der Waals surface area contributed by atoms with E-state index in [1.807, 2.05) is 0 Å². The van der Waals surface area contributed by atoms with Gasteiger partial charge in [-0.25, -0.2) is 9.59 Å². The summed E-state index contributed by atoms with van der Waals surface area (Å²) < 4.78 is 5.82. The van der Waals surface area contributed by atoms with Crippen LogP contribution in [0.1, 0.15) is 17.4 Å². The second kappa shape index (κ2) is 5.86. The molecule has 4 N–H and O–H groups in total. The lowest BCUT2D eigenvalue weighted by molar-refractivity contribution is -0.143. The Morgan fingerprint density at radius 2 is 2.29 bits per heavy atom. The number of carboxylic acids is 1. The van der Waals surface area contributed by atoms with Crippen molar-refractivity contribution in [2.75, 3.05) is 6.61 Å². The van der Waals surface area contributed by atoms with Crippen molar-refractivity contribution in [2.45, 2.75) is 24.6 Å². The highest BCUT2D eigenvalue weighted by Gasteiger charge is 2.44. The van der Waals surface area contributed by atoms with Gasteiger partial charge in [-0.2, -0.15) is 0 Å². The zero-order chi connectivity index (χ0) is 15.6. The lowest BCUT2D eigenvalue weighted by atomic mass is 9.89. The molecule has 0 saturated heterocycles. The fourth-order valence-corrected chi connectivity index (χ4v) is 2.23. The predicted octanol–water partition coefficient (Wildman–Crippen LogP) is 0.138. The number of esters is 1. The van der Waals surface area contributed by atoms with Crippen molar-refractivity contribution in [2.24, 2.45) is 4.99 Å². The number of aliphatic hydroxyl groups excluding tert-OH is 1. The van der Waals surface area contributed by atoms with Crippen LogP contribution in [0.3, 0.4) is 0 Å². The standard InChI is InChI=1S/C12H14BrN3O5/c1-12(9(17)8(10(18)19)15-5-16-12)4-21-11(20)7-2-6(13)3-14-7/h2-3,5,8-9,14,17H,4H2,1H3,(H,15,16)(H,18,19)/t8-,9-,12-/m0/s1. The molecular weight excluding hydrogens is 346 g/mol. The van der Waals surface area contributed by atoms with Gasteiger partial charge < -0.3 is 25.3 Å². The minimum absolute atomic E-state index is 0.209. The van der Waals surface area contributed by atoms with E-state index in [0.29, 0.717) is 4.47 Å². The number of carboxylic acid groups (broad SMARTS) is 1. The first-order valence-corrected chi connectivity index (χ1v) is 6.84. The summed E-state index contributed by atoms with van der Waals surface area (Å²) in [6.45, 7) is 1.34. The second-order valence-corrected chi connectivity index (χ2v) is 5.79. The minimum Gasteiger partial charge on any atom is -0.480 e. The molecule has 2 heterocycles. The Balaban J connectivity index is 2.03. The normalized spacial score (nSPS) is 28.0. The molecule has 0 amide bonds. The second-order valence-electron chi connectivity index (χ2n) is 4.88. The molecule has 0 fully saturated rings. The Hall–Kier alpha value is -1.87. The SMILES string of the molecule is C[C@@]1(COC(=O)c2cc(Br)c[nH]2)NC=N[C@H](C(=O)O)[C@@H]1O. The highest BCUT2D eigenvalue weighted by atomic mass is 79.9. The third-order valence-electron chi connectivity index (χ3n) is 3.21. The smallest absolute Gasteiger partial charge is 0.354 e. The first-order chi connectivity index (χ1) is 9.83. The number of aromatic amines is 1. The number of nitrogens with zero attached hydrogens (tertiary/aromatic N) is 1. The fraction of sp³-hybridized carbons (Fsp3) is 0.417. The molecule has 1 aromatic rings. The van der Waals surface area contributed by atoms with Crippen LogP contribution in [0, 0.1) is 0 Å². The summed E-state index contributed by atoms with van der Waals surface area (Å²) >= 11 is 3.20. The average Bonchev–Trinajstić information content (AvgIpc) is 2.86. The number of ether oxygens (including phenoxy) is 1. The molecule has 3 atom stereocenters. The van der Waals surface area contributed by atoms with Crippen LogP contribution in [0.4, 0.5) is 0 Å². The van der Waals surface area contributed by atoms with E-state index in [-0.39, 0.29) is 12.3 Å². The number of carbonyl (C=O) groups excluding carboxylic acids is 1. The monoisotopic (exact) mass is 359 g/mol. The van der Waals surface area contributed by atoms with E-state index in [1.54, 1.807) is 19.2 Å². The number of nitrogens with one attached hydrogen (secondary N) is 2. The number of aliphatic imine (C=N–C) groups is 1. The lowest BCUT2D eigenvalue weighted by Crippen LogP contribution is -2.63. The van der Waals surface area contributed by atoms with E-state index >= 15 is 0 Å². The van der Waals surface area contributed by atoms with Crippen molar-refractivity contribution >= 4 is 34.2 Å². The zero-order valence-electron chi connectivity index (χ0n) is 11.0. The fourth-order valence-electron chi connectivity index (χ4n) is 1.89. The minimum atomic E-state index is -1.33. The summed E-state index contributed by atoms with van der Waals surface area (Å²) in [7, 11) is 0. The molecule has 9 heteroatoms. The van der Waals surface area contributed by atoms with Crippen LogP contribution in [0.5, 0.6) is 0 Å². The predicted molar refractivity (Wildman–Crippen MR) is 76.2 cm³/mol. The van der Waals surface area contributed by atoms with Crippen molar-refractivity contribution in [1.29, 1.82) is 0 Å². The molecule has 1 aromatic heterocycles. The maximum absolute atomic E-state index is 11.8. The molecule has 0 saturated carbocycles. The molecule has 0 aliphatic carbocycles. The van der Waals surface area contributed by atoms with Gasteiger partial charge in [0.15, 0.2) is 6.04 Å². The van der Waals surface area contributed by atoms with E-state index in [0.717, 1.165) is 0 Å². The van der Waals surface area contributed by atoms with Gasteiger partial charge in [0, 0.05) is 10.7 Å². The van der Waals surface area contributed by atoms with Gasteiger partial charge in [0.25, 0.3) is 0 Å². The Bertz CT molecular complexity index is 587. The van der Waals surface area contributed by atoms with Crippen LogP contribution in [0.15, 0.2) is 21.7 Å². The third-order valence-corrected chi connectivity index (χ3v) is 3.66. The molecule has 8 nitrogen and oxygen atoms in total. The van der Waals surface area contributed by atoms with Gasteiger partial charge in [-0.05, 0) is 28.9 Å². The Morgan fingerprint density at radius 1 is 1.57 bits per heavy atom. The highest BCUT2D eigenvalue weighted by Crippen LogP contribution is 2.20. The summed E-state index contributed by atoms with van der Waals surface area (Å²) in [5, 5.41) is 21.8. The van der Waals surface area contributed by atoms with Crippen molar-refractivity contribution < 1.29 is 24.5 Å². The number of hydrogen-bond acceptors (Lipinski definition) is 6. The van der Waals surface area contributed by atoms with Crippen molar-refractivity contribution in [3.8, 4) is 0 Å². The maximum atomic E-state index is 11.8. The van der Waals surface area contributed by atoms with Gasteiger partial charge in [-0.3, -0.25) is 4.99 Å². The average molecular weight is 360 g/mol. The highest BCUT2D eigenvalue weighted by molar-refractivity contribution is 9.10. The largest absolute Gasteiger partial charge is 0.480 e. The topological polar surface area (TPSA) is 124 Å². The number of aromatic nitrogens is 1. The summed E-state index contributed by atoms with van der Waals surface area (Å²) in [5.74, 6) is -1.85. The summed E-state index contributed by atoms with van der Waals surface area (Å²) in [5.41, 5.74) is -0.885. The van der Waals surface area contributed by atoms with E-state index in [1.165, 1.54) is 6.34 Å². The molecule has 21 heavy (non-hydrogen) atoms. The van der Waals surface area contributed by atoms with Crippen molar-refractivity contribution in [3.63, 3.8) is 0 Å². The number of rotatable bonds is 4. The van der Waals surface area contributed by atoms with Crippen LogP contribution in [0.2, 0.25) is 0 Å². The van der Waals surface area contributed by atoms with Gasteiger partial charge in [0.05, 0.1) is 11.9 Å². The summed E-state index contributed by atoms with van der Waals surface area (Å²) in [6, 6.07) is 0.256. The molecule has 2 rings (SSSR count). The van der Waals surface area contributed by atoms with Gasteiger partial charge >= 0.3 is 11.9 Å². The first kappa shape index (κ1) is 15.5. The van der Waals surface area contributed by atoms with Crippen LogP contribution < -0.4 is 5.32 Å². The van der Waals surface area contributed by atoms with Gasteiger partial charge in [-0.15, -0.1) is 0 Å². The number of carbonyl (C=O) groups is 2. The van der Waals surface area contributed by atoms with E-state index in [2.05, 4.69) is 31.2 Å². The first-order valence-electron chi connectivity index (χ1n) is 6.05. The van der Waals surface area contributed by atoms with E-state index < -0.39 is 29.6 Å². The molecule has 1 aliphatic rings. The summed E-state index contributed by atoms with van der Waals surface area (Å²) in [4.78, 5) is 29.2. The molecule has 0 radical (unpaired) electrons. The maximum Gasteiger partial charge on any atom is 0.354 e. The zero-order valence-corrected chi connectivity index (χ0v) is 12.6. The number of halogens is 1. The van der Waals surface area contributed by atoms with Gasteiger partial charge in [-0.1, -0.05) is 0 Å². The summed E-state index contributed by atoms with van der Waals surface area (Å²) in [6.07, 6.45) is 1.45. The molecular formula is C12H14BrN3O5. The van der Waals surface area contributed by atoms with Crippen LogP contribution in [-0.2, 0) is 9.53 Å². The molecule has 114 valence electrons. The number of hydrogen-bond donors (Lipinski definition) is 4. The van der Waals surface area contributed by atoms with Crippen LogP contribution in [-0.4, -0.2) is 57.8 Å². The Labute approximate surface area is 128 Å². The van der Waals surface area contributed by atoms with Gasteiger partial charge in [0.2, 0.25) is 0 Å². The van der Waals surface area contributed by atoms with Crippen molar-refractivity contribution in [3.05, 3.63) is 22.4 Å². The molecule has 0 aromatic carbocycles. The number of H-pyrrole nitrogens is 1. The molecule has 0 bridgehead atoms. The van der Waals surface area contributed by atoms with Crippen LogP contribution >= 0.6 is 15.9 Å². The van der Waals surface area contributed by atoms with Gasteiger partial charge in [0.1, 0.15) is 18.4 Å². The molecule has 0 spiro atoms. The van der Waals surface area contributed by atoms with Crippen LogP contribution in [0.25, 0.3) is 0 Å². The van der Waals surface area contributed by atoms with E-state index in [9.17, 15) is 14.7 Å². The molecule has 0 unspecified atom stereocenters. The quantitative estimate of drug-likeness (QED) is 0.566.